The number of aliphatic hydroxyl groups excluding tert-OH is 2. The van der Waals surface area contributed by atoms with Gasteiger partial charge in [-0.2, -0.15) is 0 Å². The maximum Gasteiger partial charge on any atom is 0.306 e. The first-order chi connectivity index (χ1) is 19.8. The van der Waals surface area contributed by atoms with Crippen molar-refractivity contribution in [2.45, 2.75) is 136 Å². The van der Waals surface area contributed by atoms with Crippen molar-refractivity contribution in [2.24, 2.45) is 28.6 Å². The van der Waals surface area contributed by atoms with E-state index >= 15 is 0 Å². The van der Waals surface area contributed by atoms with Gasteiger partial charge in [-0.15, -0.1) is 0 Å². The predicted molar refractivity (Wildman–Crippen MR) is 158 cm³/mol. The topological polar surface area (TPSA) is 130 Å². The largest absolute Gasteiger partial charge is 0.458 e. The Hall–Kier alpha value is -2.03. The summed E-state index contributed by atoms with van der Waals surface area (Å²) >= 11 is 0. The van der Waals surface area contributed by atoms with Gasteiger partial charge in [0.1, 0.15) is 11.7 Å². The first-order valence-electron chi connectivity index (χ1n) is 16.2. The van der Waals surface area contributed by atoms with Crippen molar-refractivity contribution < 1.29 is 39.2 Å². The molecule has 2 fully saturated rings. The van der Waals surface area contributed by atoms with Gasteiger partial charge in [0, 0.05) is 30.1 Å². The highest BCUT2D eigenvalue weighted by Crippen LogP contribution is 2.75. The summed E-state index contributed by atoms with van der Waals surface area (Å²) in [5, 5.41) is 34.7. The van der Waals surface area contributed by atoms with Crippen molar-refractivity contribution in [3.8, 4) is 0 Å². The molecule has 0 saturated heterocycles. The lowest BCUT2D eigenvalue weighted by molar-refractivity contribution is -0.204. The van der Waals surface area contributed by atoms with Crippen LogP contribution in [0.4, 0.5) is 0 Å². The highest BCUT2D eigenvalue weighted by atomic mass is 16.6. The number of allylic oxidation sites excluding steroid dienone is 1. The molecule has 0 heterocycles. The second kappa shape index (κ2) is 12.2. The molecule has 0 aromatic heterocycles. The van der Waals surface area contributed by atoms with Crippen LogP contribution in [0.3, 0.4) is 0 Å². The fourth-order valence-electron chi connectivity index (χ4n) is 8.73. The predicted octanol–water partition coefficient (Wildman–Crippen LogP) is 4.97. The third kappa shape index (κ3) is 4.89. The average Bonchev–Trinajstić information content (AvgIpc) is 3.33. The molecule has 4 rings (SSSR count). The van der Waals surface area contributed by atoms with E-state index in [4.69, 9.17) is 9.47 Å². The molecule has 0 amide bonds. The molecular weight excluding hydrogens is 536 g/mol. The number of Topliss-reactive ketones (excluding diaryl/α,β-unsaturated/α-hetero) is 1. The molecule has 0 aromatic carbocycles. The van der Waals surface area contributed by atoms with Crippen LogP contribution in [0.1, 0.15) is 112 Å². The van der Waals surface area contributed by atoms with E-state index in [0.29, 0.717) is 24.8 Å². The number of rotatable bonds is 13. The molecule has 236 valence electrons. The maximum absolute atomic E-state index is 14.8. The Bertz CT molecular complexity index is 1120. The minimum Gasteiger partial charge on any atom is -0.458 e. The summed E-state index contributed by atoms with van der Waals surface area (Å²) in [7, 11) is 0. The van der Waals surface area contributed by atoms with Crippen LogP contribution in [0.2, 0.25) is 0 Å². The fourth-order valence-corrected chi connectivity index (χ4v) is 8.73. The van der Waals surface area contributed by atoms with Crippen LogP contribution in [0, 0.1) is 28.6 Å². The average molecular weight is 589 g/mol. The van der Waals surface area contributed by atoms with Crippen LogP contribution in [-0.4, -0.2) is 63.1 Å². The number of carbonyl (C=O) groups is 3. The van der Waals surface area contributed by atoms with Gasteiger partial charge in [-0.05, 0) is 43.3 Å². The summed E-state index contributed by atoms with van der Waals surface area (Å²) in [6, 6.07) is 0. The zero-order valence-corrected chi connectivity index (χ0v) is 26.4. The van der Waals surface area contributed by atoms with E-state index in [9.17, 15) is 29.7 Å². The van der Waals surface area contributed by atoms with Crippen molar-refractivity contribution in [2.75, 3.05) is 6.61 Å². The normalized spacial score (nSPS) is 37.9. The summed E-state index contributed by atoms with van der Waals surface area (Å²) in [5.41, 5.74) is -4.69. The van der Waals surface area contributed by atoms with E-state index < -0.39 is 58.7 Å². The highest BCUT2D eigenvalue weighted by molar-refractivity contribution is 5.96. The molecule has 0 aliphatic heterocycles. The Morgan fingerprint density at radius 2 is 1.60 bits per heavy atom. The Morgan fingerprint density at radius 3 is 2.24 bits per heavy atom. The van der Waals surface area contributed by atoms with Crippen LogP contribution in [0.15, 0.2) is 23.3 Å². The molecule has 2 saturated carbocycles. The number of ketones is 1. The molecule has 3 N–H and O–H groups in total. The molecule has 4 aliphatic carbocycles. The van der Waals surface area contributed by atoms with Gasteiger partial charge in [0.2, 0.25) is 0 Å². The van der Waals surface area contributed by atoms with Crippen molar-refractivity contribution in [1.29, 1.82) is 0 Å². The zero-order valence-electron chi connectivity index (χ0n) is 26.4. The monoisotopic (exact) mass is 588 g/mol. The molecule has 4 aliphatic rings. The Labute approximate surface area is 250 Å². The number of carbonyl (C=O) groups excluding carboxylic acids is 3. The minimum atomic E-state index is -2.22. The van der Waals surface area contributed by atoms with Crippen molar-refractivity contribution in [3.63, 3.8) is 0 Å². The molecule has 42 heavy (non-hydrogen) atoms. The Morgan fingerprint density at radius 1 is 1.00 bits per heavy atom. The van der Waals surface area contributed by atoms with Gasteiger partial charge in [0.25, 0.3) is 0 Å². The first kappa shape index (κ1) is 32.9. The molecule has 0 aromatic rings. The number of aliphatic hydroxyl groups is 3. The third-order valence-corrected chi connectivity index (χ3v) is 11.0. The third-order valence-electron chi connectivity index (χ3n) is 11.0. The van der Waals surface area contributed by atoms with Crippen LogP contribution in [0.5, 0.6) is 0 Å². The quantitative estimate of drug-likeness (QED) is 0.156. The number of ether oxygens (including phenoxy) is 2. The van der Waals surface area contributed by atoms with E-state index in [1.807, 2.05) is 27.7 Å². The lowest BCUT2D eigenvalue weighted by atomic mass is 9.59. The van der Waals surface area contributed by atoms with Gasteiger partial charge in [-0.1, -0.05) is 85.3 Å². The molecule has 0 unspecified atom stereocenters. The standard InChI is InChI=1S/C34H52O8/c1-7-9-11-12-14-16-26(37)42-33-19-22(4)32-18-21(3)30(41-25(36)15-13-10-8-2)34(32,40)28(38)23(20-35)17-24(29(32)39)27(33)31(33,5)6/h17-18,22,24,27-28,30,35,38,40H,7-16,19-20H2,1-6H3/t22-,24+,27-,28-,30+,32+,33+,34+/m1/s1. The van der Waals surface area contributed by atoms with Gasteiger partial charge >= 0.3 is 11.9 Å². The molecule has 8 nitrogen and oxygen atoms in total. The number of fused-ring (bicyclic) bond motifs is 3. The lowest BCUT2D eigenvalue weighted by Gasteiger charge is -2.49. The summed E-state index contributed by atoms with van der Waals surface area (Å²) in [4.78, 5) is 40.9. The van der Waals surface area contributed by atoms with Gasteiger partial charge in [-0.25, -0.2) is 0 Å². The van der Waals surface area contributed by atoms with E-state index in [-0.39, 0.29) is 29.7 Å². The second-order valence-corrected chi connectivity index (χ2v) is 13.9. The van der Waals surface area contributed by atoms with Gasteiger partial charge in [-0.3, -0.25) is 14.4 Å². The minimum absolute atomic E-state index is 0.112. The van der Waals surface area contributed by atoms with E-state index in [0.717, 1.165) is 44.9 Å². The number of unbranched alkanes of at least 4 members (excludes halogenated alkanes) is 6. The summed E-state index contributed by atoms with van der Waals surface area (Å²) in [6.07, 6.45) is 8.62. The van der Waals surface area contributed by atoms with Crippen molar-refractivity contribution in [1.82, 2.24) is 0 Å². The Kier molecular flexibility index (Phi) is 9.52. The first-order valence-corrected chi connectivity index (χ1v) is 16.2. The fraction of sp³-hybridized carbons (Fsp3) is 0.794. The molecule has 1 spiro atoms. The maximum atomic E-state index is 14.8. The van der Waals surface area contributed by atoms with Crippen LogP contribution < -0.4 is 0 Å². The van der Waals surface area contributed by atoms with Gasteiger partial charge < -0.3 is 24.8 Å². The summed E-state index contributed by atoms with van der Waals surface area (Å²) < 4.78 is 12.2. The summed E-state index contributed by atoms with van der Waals surface area (Å²) in [5.74, 6) is -2.85. The second-order valence-electron chi connectivity index (χ2n) is 13.9. The van der Waals surface area contributed by atoms with E-state index in [2.05, 4.69) is 6.92 Å². The van der Waals surface area contributed by atoms with Crippen molar-refractivity contribution >= 4 is 17.7 Å². The smallest absolute Gasteiger partial charge is 0.306 e. The Balaban J connectivity index is 1.72. The van der Waals surface area contributed by atoms with Crippen molar-refractivity contribution in [3.05, 3.63) is 23.3 Å². The number of esters is 2. The molecule has 2 bridgehead atoms. The van der Waals surface area contributed by atoms with E-state index in [1.165, 1.54) is 0 Å². The zero-order chi connectivity index (χ0) is 31.1. The summed E-state index contributed by atoms with van der Waals surface area (Å²) in [6.45, 7) is 11.2. The van der Waals surface area contributed by atoms with Gasteiger partial charge in [0.05, 0.1) is 12.0 Å². The van der Waals surface area contributed by atoms with Crippen LogP contribution >= 0.6 is 0 Å². The van der Waals surface area contributed by atoms with Gasteiger partial charge in [0.15, 0.2) is 17.5 Å². The van der Waals surface area contributed by atoms with E-state index in [1.54, 1.807) is 19.1 Å². The molecule has 8 heteroatoms. The molecule has 8 atom stereocenters. The SMILES string of the molecule is CCCCCCCC(=O)O[C@@]12C[C@@H](C)[C@]34C=C(C)[C@H](OC(=O)CCCCC)[C@@]3(O)[C@H](O)C(CO)=C[C@H](C4=O)[C@@H]1C2(C)C. The molecular formula is C34H52O8. The number of hydrogen-bond acceptors (Lipinski definition) is 8. The van der Waals surface area contributed by atoms with Crippen LogP contribution in [0.25, 0.3) is 0 Å². The molecule has 0 radical (unpaired) electrons. The number of hydrogen-bond donors (Lipinski definition) is 3. The van der Waals surface area contributed by atoms with Crippen LogP contribution in [-0.2, 0) is 23.9 Å². The lowest BCUT2D eigenvalue weighted by Crippen LogP contribution is -2.66. The highest BCUT2D eigenvalue weighted by Gasteiger charge is 2.83.